The second-order valence-corrected chi connectivity index (χ2v) is 6.67. The summed E-state index contributed by atoms with van der Waals surface area (Å²) in [5.41, 5.74) is 5.56. The van der Waals surface area contributed by atoms with Crippen molar-refractivity contribution in [2.45, 2.75) is 39.0 Å². The molecule has 1 aliphatic heterocycles. The molecule has 4 nitrogen and oxygen atoms in total. The Hall–Kier alpha value is -1.20. The van der Waals surface area contributed by atoms with Gasteiger partial charge in [-0.2, -0.15) is 5.10 Å². The summed E-state index contributed by atoms with van der Waals surface area (Å²) in [7, 11) is 0. The minimum absolute atomic E-state index is 0.594. The molecule has 1 aliphatic rings. The zero-order valence-electron chi connectivity index (χ0n) is 12.2. The van der Waals surface area contributed by atoms with Gasteiger partial charge in [0.25, 0.3) is 0 Å². The van der Waals surface area contributed by atoms with Gasteiger partial charge in [0, 0.05) is 29.6 Å². The fourth-order valence-electron chi connectivity index (χ4n) is 2.97. The van der Waals surface area contributed by atoms with Gasteiger partial charge in [-0.1, -0.05) is 0 Å². The van der Waals surface area contributed by atoms with Crippen LogP contribution in [0.15, 0.2) is 11.6 Å². The summed E-state index contributed by atoms with van der Waals surface area (Å²) in [6.07, 6.45) is 3.67. The Bertz CT molecular complexity index is 560. The topological polar surface area (TPSA) is 44.8 Å². The molecular weight excluding hydrogens is 268 g/mol. The van der Waals surface area contributed by atoms with Crippen LogP contribution in [0.5, 0.6) is 0 Å². The Kier molecular flexibility index (Phi) is 4.17. The maximum absolute atomic E-state index is 4.44. The van der Waals surface area contributed by atoms with Gasteiger partial charge >= 0.3 is 0 Å². The van der Waals surface area contributed by atoms with E-state index in [4.69, 9.17) is 0 Å². The molecule has 0 unspecified atom stereocenters. The van der Waals surface area contributed by atoms with E-state index < -0.39 is 0 Å². The predicted molar refractivity (Wildman–Crippen MR) is 82.3 cm³/mol. The molecule has 0 bridgehead atoms. The van der Waals surface area contributed by atoms with E-state index in [1.54, 1.807) is 11.3 Å². The van der Waals surface area contributed by atoms with E-state index in [2.05, 4.69) is 40.0 Å². The fraction of sp³-hybridized carbons (Fsp3) is 0.600. The van der Waals surface area contributed by atoms with E-state index in [-0.39, 0.29) is 0 Å². The molecule has 108 valence electrons. The Morgan fingerprint density at radius 2 is 2.35 bits per heavy atom. The SMILES string of the molecule is Cc1cc([C@@H]2CCCN(CCc3scnc3C)C2)n[nH]1. The first-order valence-corrected chi connectivity index (χ1v) is 8.23. The van der Waals surface area contributed by atoms with E-state index in [9.17, 15) is 0 Å². The number of piperidine rings is 1. The lowest BCUT2D eigenvalue weighted by atomic mass is 9.94. The number of aromatic nitrogens is 3. The van der Waals surface area contributed by atoms with Crippen LogP contribution in [0, 0.1) is 13.8 Å². The van der Waals surface area contributed by atoms with E-state index in [0.717, 1.165) is 25.2 Å². The molecule has 3 rings (SSSR count). The Labute approximate surface area is 124 Å². The maximum Gasteiger partial charge on any atom is 0.0797 e. The summed E-state index contributed by atoms with van der Waals surface area (Å²) in [6, 6.07) is 2.20. The van der Waals surface area contributed by atoms with Gasteiger partial charge in [0.1, 0.15) is 0 Å². The van der Waals surface area contributed by atoms with Crippen molar-refractivity contribution in [3.05, 3.63) is 33.5 Å². The molecule has 0 aliphatic carbocycles. The largest absolute Gasteiger partial charge is 0.302 e. The molecule has 0 saturated carbocycles. The quantitative estimate of drug-likeness (QED) is 0.941. The Morgan fingerprint density at radius 3 is 3.05 bits per heavy atom. The fourth-order valence-corrected chi connectivity index (χ4v) is 3.74. The summed E-state index contributed by atoms with van der Waals surface area (Å²) < 4.78 is 0. The monoisotopic (exact) mass is 290 g/mol. The molecule has 2 aromatic rings. The van der Waals surface area contributed by atoms with Crippen molar-refractivity contribution in [3.8, 4) is 0 Å². The number of hydrogen-bond donors (Lipinski definition) is 1. The number of hydrogen-bond acceptors (Lipinski definition) is 4. The zero-order valence-corrected chi connectivity index (χ0v) is 13.0. The highest BCUT2D eigenvalue weighted by molar-refractivity contribution is 7.09. The van der Waals surface area contributed by atoms with Gasteiger partial charge in [0.05, 0.1) is 16.9 Å². The third-order valence-corrected chi connectivity index (χ3v) is 5.14. The third-order valence-electron chi connectivity index (χ3n) is 4.15. The summed E-state index contributed by atoms with van der Waals surface area (Å²) in [4.78, 5) is 8.35. The molecule has 3 heterocycles. The minimum atomic E-state index is 0.594. The van der Waals surface area contributed by atoms with Crippen LogP contribution in [0.3, 0.4) is 0 Å². The average Bonchev–Trinajstić information content (AvgIpc) is 3.06. The Morgan fingerprint density at radius 1 is 1.45 bits per heavy atom. The van der Waals surface area contributed by atoms with E-state index in [0.29, 0.717) is 5.92 Å². The summed E-state index contributed by atoms with van der Waals surface area (Å²) in [6.45, 7) is 7.68. The van der Waals surface area contributed by atoms with E-state index in [1.807, 2.05) is 5.51 Å². The molecule has 0 aromatic carbocycles. The molecule has 1 fully saturated rings. The van der Waals surface area contributed by atoms with Crippen LogP contribution in [0.1, 0.15) is 40.7 Å². The highest BCUT2D eigenvalue weighted by Gasteiger charge is 2.23. The number of aryl methyl sites for hydroxylation is 2. The van der Waals surface area contributed by atoms with E-state index >= 15 is 0 Å². The number of aromatic amines is 1. The van der Waals surface area contributed by atoms with Gasteiger partial charge in [-0.15, -0.1) is 11.3 Å². The normalized spacial score (nSPS) is 20.4. The number of rotatable bonds is 4. The molecule has 1 N–H and O–H groups in total. The number of H-pyrrole nitrogens is 1. The second-order valence-electron chi connectivity index (χ2n) is 5.73. The third kappa shape index (κ3) is 3.10. The number of nitrogens with one attached hydrogen (secondary N) is 1. The first-order valence-electron chi connectivity index (χ1n) is 7.35. The highest BCUT2D eigenvalue weighted by Crippen LogP contribution is 2.26. The lowest BCUT2D eigenvalue weighted by molar-refractivity contribution is 0.208. The van der Waals surface area contributed by atoms with Crippen LogP contribution in [0.25, 0.3) is 0 Å². The van der Waals surface area contributed by atoms with Crippen LogP contribution in [-0.2, 0) is 6.42 Å². The van der Waals surface area contributed by atoms with Crippen LogP contribution < -0.4 is 0 Å². The zero-order chi connectivity index (χ0) is 13.9. The van der Waals surface area contributed by atoms with Gasteiger partial charge in [-0.25, -0.2) is 4.98 Å². The predicted octanol–water partition coefficient (Wildman–Crippen LogP) is 2.91. The van der Waals surface area contributed by atoms with Gasteiger partial charge in [-0.05, 0) is 45.7 Å². The number of nitrogens with zero attached hydrogens (tertiary/aromatic N) is 3. The smallest absolute Gasteiger partial charge is 0.0797 e. The minimum Gasteiger partial charge on any atom is -0.302 e. The molecular formula is C15H22N4S. The molecule has 0 radical (unpaired) electrons. The molecule has 0 amide bonds. The summed E-state index contributed by atoms with van der Waals surface area (Å²) in [5, 5.41) is 7.51. The van der Waals surface area contributed by atoms with Crippen molar-refractivity contribution in [2.75, 3.05) is 19.6 Å². The highest BCUT2D eigenvalue weighted by atomic mass is 32.1. The molecule has 1 atom stereocenters. The van der Waals surface area contributed by atoms with Crippen molar-refractivity contribution in [3.63, 3.8) is 0 Å². The maximum atomic E-state index is 4.44. The molecule has 5 heteroatoms. The average molecular weight is 290 g/mol. The van der Waals surface area contributed by atoms with Crippen LogP contribution >= 0.6 is 11.3 Å². The van der Waals surface area contributed by atoms with E-state index in [1.165, 1.54) is 35.7 Å². The van der Waals surface area contributed by atoms with Gasteiger partial charge < -0.3 is 4.90 Å². The van der Waals surface area contributed by atoms with Crippen molar-refractivity contribution in [2.24, 2.45) is 0 Å². The molecule has 1 saturated heterocycles. The molecule has 2 aromatic heterocycles. The lowest BCUT2D eigenvalue weighted by Gasteiger charge is -2.31. The van der Waals surface area contributed by atoms with Crippen molar-refractivity contribution < 1.29 is 0 Å². The van der Waals surface area contributed by atoms with Gasteiger partial charge in [-0.3, -0.25) is 5.10 Å². The van der Waals surface area contributed by atoms with Crippen molar-refractivity contribution in [1.82, 2.24) is 20.1 Å². The summed E-state index contributed by atoms with van der Waals surface area (Å²) in [5.74, 6) is 0.594. The van der Waals surface area contributed by atoms with Crippen LogP contribution in [0.4, 0.5) is 0 Å². The second kappa shape index (κ2) is 6.06. The van der Waals surface area contributed by atoms with Crippen LogP contribution in [-0.4, -0.2) is 39.7 Å². The van der Waals surface area contributed by atoms with Gasteiger partial charge in [0.15, 0.2) is 0 Å². The number of likely N-dealkylation sites (tertiary alicyclic amines) is 1. The lowest BCUT2D eigenvalue weighted by Crippen LogP contribution is -2.35. The molecule has 0 spiro atoms. The molecule has 20 heavy (non-hydrogen) atoms. The van der Waals surface area contributed by atoms with Crippen molar-refractivity contribution in [1.29, 1.82) is 0 Å². The van der Waals surface area contributed by atoms with Gasteiger partial charge in [0.2, 0.25) is 0 Å². The number of thiazole rings is 1. The van der Waals surface area contributed by atoms with Crippen molar-refractivity contribution >= 4 is 11.3 Å². The first kappa shape index (κ1) is 13.8. The Balaban J connectivity index is 1.57. The summed E-state index contributed by atoms with van der Waals surface area (Å²) >= 11 is 1.78. The van der Waals surface area contributed by atoms with Crippen LogP contribution in [0.2, 0.25) is 0 Å². The standard InChI is InChI=1S/C15H22N4S/c1-11-8-14(18-17-11)13-4-3-6-19(9-13)7-5-15-12(2)16-10-20-15/h8,10,13H,3-7,9H2,1-2H3,(H,17,18)/t13-/m1/s1. The first-order chi connectivity index (χ1) is 9.72.